The normalized spacial score (nSPS) is 20.2. The zero-order chi connectivity index (χ0) is 72.4. The van der Waals surface area contributed by atoms with Crippen LogP contribution < -0.4 is 33.7 Å². The molecule has 1 saturated carbocycles. The number of hydrogen-bond acceptors (Lipinski definition) is 19. The molecular formula is C77H82Cl4N6O14S2. The summed E-state index contributed by atoms with van der Waals surface area (Å²) >= 11 is 28.5. The maximum atomic E-state index is 14.0. The predicted molar refractivity (Wildman–Crippen MR) is 394 cm³/mol. The van der Waals surface area contributed by atoms with Crippen LogP contribution in [-0.2, 0) is 49.7 Å². The summed E-state index contributed by atoms with van der Waals surface area (Å²) in [7, 11) is 6.50. The lowest BCUT2D eigenvalue weighted by Gasteiger charge is -2.44. The van der Waals surface area contributed by atoms with Crippen LogP contribution in [-0.4, -0.2) is 130 Å². The SMILES string of the molecule is COc1ccc(C(Cc2c(Cl)c[n+]([O-])cc2Cl)OC(=O)c2ccc(CNC(C(=O)O[C@H]3CN4CCC3CC4)c3ccccc3)s2)cc1OC1CCCC1.COc1ccc([C@H](Cc2c(Cl)c[n+]([O-])cc2Cl)c2cc(CN(C)C(C(=O)O[C@H]3CN4CCC3CC4)c3ccccc3)sc2C(=O)O)cc1OC. The van der Waals surface area contributed by atoms with Gasteiger partial charge in [-0.3, -0.25) is 20.0 Å². The molecule has 6 aliphatic heterocycles. The van der Waals surface area contributed by atoms with Gasteiger partial charge in [0.05, 0.1) is 27.4 Å². The van der Waals surface area contributed by atoms with Crippen LogP contribution in [0.1, 0.15) is 144 Å². The molecule has 10 heterocycles. The Labute approximate surface area is 626 Å². The summed E-state index contributed by atoms with van der Waals surface area (Å²) in [4.78, 5) is 63.0. The number of carboxylic acids is 1. The third kappa shape index (κ3) is 18.3. The zero-order valence-electron chi connectivity index (χ0n) is 57.5. The monoisotopic (exact) mass is 1520 g/mol. The number of carbonyl (C=O) groups is 4. The highest BCUT2D eigenvalue weighted by Crippen LogP contribution is 2.44. The number of methoxy groups -OCH3 is 3. The third-order valence-electron chi connectivity index (χ3n) is 20.1. The second-order valence-corrected chi connectivity index (χ2v) is 30.7. The number of hydrogen-bond donors (Lipinski definition) is 2. The fourth-order valence-electron chi connectivity index (χ4n) is 14.7. The van der Waals surface area contributed by atoms with Crippen LogP contribution in [0.15, 0.2) is 140 Å². The largest absolute Gasteiger partial charge is 0.619 e. The van der Waals surface area contributed by atoms with E-state index in [2.05, 4.69) is 15.1 Å². The van der Waals surface area contributed by atoms with Crippen LogP contribution in [0.5, 0.6) is 23.0 Å². The number of nitrogens with one attached hydrogen (secondary N) is 1. The van der Waals surface area contributed by atoms with Gasteiger partial charge in [-0.1, -0.05) is 119 Å². The van der Waals surface area contributed by atoms with Gasteiger partial charge in [0.2, 0.25) is 0 Å². The molecule has 4 aromatic heterocycles. The number of halogens is 4. The molecule has 2 N–H and O–H groups in total. The molecule has 3 unspecified atom stereocenters. The number of aromatic carboxylic acids is 1. The third-order valence-corrected chi connectivity index (χ3v) is 23.6. The summed E-state index contributed by atoms with van der Waals surface area (Å²) in [5.41, 5.74) is 4.51. The van der Waals surface area contributed by atoms with Crippen molar-refractivity contribution < 1.29 is 66.9 Å². The molecule has 7 aliphatic rings. The number of benzene rings is 4. The average Bonchev–Trinajstić information content (AvgIpc) is 1.69. The Morgan fingerprint density at radius 1 is 0.602 bits per heavy atom. The maximum absolute atomic E-state index is 14.0. The number of carboxylic acid groups (broad SMARTS) is 1. The number of esters is 3. The first-order chi connectivity index (χ1) is 49.8. The van der Waals surface area contributed by atoms with E-state index in [0.29, 0.717) is 78.0 Å². The highest BCUT2D eigenvalue weighted by Gasteiger charge is 2.41. The van der Waals surface area contributed by atoms with E-state index in [1.165, 1.54) is 50.3 Å². The Morgan fingerprint density at radius 2 is 1.13 bits per heavy atom. The van der Waals surface area contributed by atoms with Gasteiger partial charge in [0.1, 0.15) is 60.2 Å². The van der Waals surface area contributed by atoms with Gasteiger partial charge in [-0.25, -0.2) is 19.2 Å². The van der Waals surface area contributed by atoms with Gasteiger partial charge in [-0.15, -0.1) is 22.7 Å². The first-order valence-corrected chi connectivity index (χ1v) is 37.7. The summed E-state index contributed by atoms with van der Waals surface area (Å²) in [5, 5.41) is 38.6. The van der Waals surface area contributed by atoms with E-state index in [1.54, 1.807) is 31.4 Å². The first kappa shape index (κ1) is 75.0. The van der Waals surface area contributed by atoms with Crippen molar-refractivity contribution >= 4 is 93.0 Å². The fourth-order valence-corrected chi connectivity index (χ4v) is 17.9. The van der Waals surface area contributed by atoms with Crippen LogP contribution in [0.25, 0.3) is 0 Å². The maximum Gasteiger partial charge on any atom is 0.348 e. The van der Waals surface area contributed by atoms with Crippen molar-refractivity contribution in [2.24, 2.45) is 11.8 Å². The van der Waals surface area contributed by atoms with Crippen LogP contribution in [0.3, 0.4) is 0 Å². The molecule has 20 nitrogen and oxygen atoms in total. The highest BCUT2D eigenvalue weighted by molar-refractivity contribution is 7.14. The lowest BCUT2D eigenvalue weighted by atomic mass is 9.85. The highest BCUT2D eigenvalue weighted by atomic mass is 35.5. The van der Waals surface area contributed by atoms with Gasteiger partial charge < -0.3 is 48.7 Å². The molecule has 0 spiro atoms. The molecular weight excluding hydrogens is 1440 g/mol. The van der Waals surface area contributed by atoms with E-state index in [0.717, 1.165) is 128 Å². The van der Waals surface area contributed by atoms with E-state index < -0.39 is 36.0 Å². The Balaban J connectivity index is 0.000000194. The van der Waals surface area contributed by atoms with Gasteiger partial charge in [-0.2, -0.15) is 9.46 Å². The van der Waals surface area contributed by atoms with E-state index in [9.17, 15) is 34.7 Å². The van der Waals surface area contributed by atoms with E-state index >= 15 is 0 Å². The number of thiophene rings is 2. The summed E-state index contributed by atoms with van der Waals surface area (Å²) in [6.45, 7) is 6.35. The quantitative estimate of drug-likeness (QED) is 0.0211. The minimum atomic E-state index is -1.09. The molecule has 1 aliphatic carbocycles. The summed E-state index contributed by atoms with van der Waals surface area (Å²) < 4.78 is 42.6. The lowest BCUT2D eigenvalue weighted by Crippen LogP contribution is -2.52. The average molecular weight is 1520 g/mol. The Kier molecular flexibility index (Phi) is 25.1. The van der Waals surface area contributed by atoms with E-state index in [1.807, 2.05) is 103 Å². The van der Waals surface area contributed by atoms with Crippen molar-refractivity contribution in [1.29, 1.82) is 0 Å². The standard InChI is InChI=1S/C40H43Cl2N3O7S.C37H39Cl2N3O7S/c1-49-33-13-11-27(19-35(33)50-28-9-5-6-10-28)34(20-30-31(41)22-45(48)23-32(30)42)51-39(46)37-14-12-29(53-37)21-43-38(26-7-3-2-4-8-26)40(47)52-36-24-44-17-15-25(36)16-18-44;1-40(34(23-7-5-4-6-8-23)37(45)49-33-21-41-13-11-22(33)12-14-41)18-25-16-27(35(50-25)36(43)44)26(17-28-29(38)19-42(46)20-30(28)39)24-9-10-31(47-2)32(15-24)48-3/h2-4,7-8,11-14,19,22-23,25,28,34,36,38,43H,5-6,9-10,15-18,20-21,24H2,1H3;4-10,15-16,19-20,22,26,33-34H,11-14,17-18,21H2,1-3H3,(H,43,44)/t34?,36-,38?;26-,33-,34?/m00/s1. The number of carbonyl (C=O) groups excluding carboxylic acids is 3. The van der Waals surface area contributed by atoms with Gasteiger partial charge in [-0.05, 0) is 173 Å². The molecule has 103 heavy (non-hydrogen) atoms. The van der Waals surface area contributed by atoms with Crippen LogP contribution in [0, 0.1) is 22.3 Å². The number of fused-ring (bicyclic) bond motifs is 6. The van der Waals surface area contributed by atoms with Crippen molar-refractivity contribution in [3.8, 4) is 23.0 Å². The second kappa shape index (κ2) is 34.5. The molecule has 7 fully saturated rings. The van der Waals surface area contributed by atoms with E-state index in [-0.39, 0.29) is 74.6 Å². The predicted octanol–water partition coefficient (Wildman–Crippen LogP) is 14.2. The molecule has 6 atom stereocenters. The number of ether oxygens (including phenoxy) is 7. The second-order valence-electron chi connectivity index (χ2n) is 26.7. The van der Waals surface area contributed by atoms with Crippen molar-refractivity contribution in [2.75, 3.05) is 67.6 Å². The van der Waals surface area contributed by atoms with Crippen LogP contribution >= 0.6 is 69.1 Å². The molecule has 6 saturated heterocycles. The Morgan fingerprint density at radius 3 is 1.67 bits per heavy atom. The molecule has 4 aromatic carbocycles. The Hall–Kier alpha value is -7.74. The lowest BCUT2D eigenvalue weighted by molar-refractivity contribution is -0.605. The fraction of sp³-hybridized carbons (Fsp3) is 0.403. The minimum absolute atomic E-state index is 0.0764. The Bertz CT molecular complexity index is 4240. The van der Waals surface area contributed by atoms with Gasteiger partial charge >= 0.3 is 23.9 Å². The minimum Gasteiger partial charge on any atom is -0.619 e. The number of piperidine rings is 6. The van der Waals surface area contributed by atoms with E-state index in [4.69, 9.17) is 79.6 Å². The summed E-state index contributed by atoms with van der Waals surface area (Å²) in [6.07, 6.45) is 12.5. The van der Waals surface area contributed by atoms with Gasteiger partial charge in [0.25, 0.3) is 0 Å². The number of pyridine rings is 2. The molecule has 26 heteroatoms. The van der Waals surface area contributed by atoms with Crippen molar-refractivity contribution in [1.82, 2.24) is 20.0 Å². The zero-order valence-corrected chi connectivity index (χ0v) is 62.2. The smallest absolute Gasteiger partial charge is 0.348 e. The van der Waals surface area contributed by atoms with Crippen molar-refractivity contribution in [3.63, 3.8) is 0 Å². The van der Waals surface area contributed by atoms with Crippen LogP contribution in [0.4, 0.5) is 0 Å². The topological polar surface area (TPSA) is 229 Å². The molecule has 0 radical (unpaired) electrons. The number of likely N-dealkylation sites (N-methyl/N-ethyl adjacent to an activating group) is 1. The van der Waals surface area contributed by atoms with Gasteiger partial charge in [0.15, 0.2) is 47.8 Å². The molecule has 15 rings (SSSR count). The summed E-state index contributed by atoms with van der Waals surface area (Å²) in [5.74, 6) is 0.0796. The van der Waals surface area contributed by atoms with Crippen molar-refractivity contribution in [3.05, 3.63) is 229 Å². The number of rotatable bonds is 27. The number of nitrogens with zero attached hydrogens (tertiary/aromatic N) is 5. The summed E-state index contributed by atoms with van der Waals surface area (Å²) in [6, 6.07) is 34.0. The van der Waals surface area contributed by atoms with Gasteiger partial charge in [0, 0.05) is 59.4 Å². The molecule has 8 aromatic rings. The first-order valence-electron chi connectivity index (χ1n) is 34.5. The molecule has 544 valence electrons. The molecule has 0 amide bonds. The van der Waals surface area contributed by atoms with Crippen LogP contribution in [0.2, 0.25) is 20.1 Å². The number of aromatic nitrogens is 2. The van der Waals surface area contributed by atoms with Crippen molar-refractivity contribution in [2.45, 2.75) is 120 Å². The molecule has 4 bridgehead atoms.